The van der Waals surface area contributed by atoms with Gasteiger partial charge in [0.2, 0.25) is 10.0 Å². The summed E-state index contributed by atoms with van der Waals surface area (Å²) in [4.78, 5) is 0.155. The number of aliphatic hydroxyl groups excluding tert-OH is 1. The van der Waals surface area contributed by atoms with Gasteiger partial charge in [-0.3, -0.25) is 5.84 Å². The summed E-state index contributed by atoms with van der Waals surface area (Å²) >= 11 is 0. The van der Waals surface area contributed by atoms with Crippen molar-refractivity contribution in [1.82, 2.24) is 4.31 Å². The maximum Gasteiger partial charge on any atom is 0.245 e. The van der Waals surface area contributed by atoms with Gasteiger partial charge in [-0.15, -0.1) is 0 Å². The van der Waals surface area contributed by atoms with Crippen molar-refractivity contribution >= 4 is 15.7 Å². The van der Waals surface area contributed by atoms with E-state index in [0.29, 0.717) is 18.7 Å². The van der Waals surface area contributed by atoms with E-state index in [-0.39, 0.29) is 17.5 Å². The van der Waals surface area contributed by atoms with Crippen LogP contribution < -0.4 is 11.3 Å². The Bertz CT molecular complexity index is 548. The van der Waals surface area contributed by atoms with Gasteiger partial charge in [0.25, 0.3) is 0 Å². The van der Waals surface area contributed by atoms with Gasteiger partial charge in [0.05, 0.1) is 12.3 Å². The van der Waals surface area contributed by atoms with Crippen molar-refractivity contribution in [1.29, 1.82) is 0 Å². The van der Waals surface area contributed by atoms with Crippen molar-refractivity contribution in [3.63, 3.8) is 0 Å². The predicted octanol–water partition coefficient (Wildman–Crippen LogP) is 0.898. The van der Waals surface area contributed by atoms with Crippen molar-refractivity contribution in [3.05, 3.63) is 24.3 Å². The minimum Gasteiger partial charge on any atom is -0.395 e. The number of aliphatic hydroxyl groups is 1. The normalized spacial score (nSPS) is 21.4. The number of hydrazine groups is 1. The summed E-state index contributed by atoms with van der Waals surface area (Å²) in [5.74, 6) is 5.39. The first kappa shape index (κ1) is 15.2. The molecule has 2 rings (SSSR count). The number of nitrogens with two attached hydrogens (primary N) is 1. The first-order valence-electron chi connectivity index (χ1n) is 6.79. The number of hydrogen-bond donors (Lipinski definition) is 3. The van der Waals surface area contributed by atoms with Gasteiger partial charge >= 0.3 is 0 Å². The van der Waals surface area contributed by atoms with Crippen molar-refractivity contribution in [2.24, 2.45) is 5.84 Å². The molecule has 1 fully saturated rings. The molecule has 1 aromatic rings. The summed E-state index contributed by atoms with van der Waals surface area (Å²) in [5, 5.41) is 9.48. The average Bonchev–Trinajstić information content (AvgIpc) is 2.72. The number of rotatable bonds is 4. The maximum absolute atomic E-state index is 12.8. The zero-order valence-electron chi connectivity index (χ0n) is 11.3. The Morgan fingerprint density at radius 2 is 2.05 bits per heavy atom. The van der Waals surface area contributed by atoms with Crippen LogP contribution in [0.2, 0.25) is 0 Å². The van der Waals surface area contributed by atoms with Crippen molar-refractivity contribution in [3.8, 4) is 0 Å². The molecule has 4 N–H and O–H groups in total. The van der Waals surface area contributed by atoms with Crippen LogP contribution in [-0.2, 0) is 10.0 Å². The van der Waals surface area contributed by atoms with Gasteiger partial charge in [-0.25, -0.2) is 8.42 Å². The fourth-order valence-corrected chi connectivity index (χ4v) is 4.43. The van der Waals surface area contributed by atoms with Crippen LogP contribution in [0.3, 0.4) is 0 Å². The molecule has 1 aromatic carbocycles. The molecular formula is C13H21N3O3S. The molecule has 0 aromatic heterocycles. The van der Waals surface area contributed by atoms with Crippen LogP contribution in [0, 0.1) is 0 Å². The predicted molar refractivity (Wildman–Crippen MR) is 77.5 cm³/mol. The second-order valence-corrected chi connectivity index (χ2v) is 6.80. The van der Waals surface area contributed by atoms with Gasteiger partial charge in [0, 0.05) is 12.6 Å². The van der Waals surface area contributed by atoms with E-state index in [4.69, 9.17) is 5.84 Å². The van der Waals surface area contributed by atoms with Crippen LogP contribution in [0.25, 0.3) is 0 Å². The smallest absolute Gasteiger partial charge is 0.245 e. The minimum atomic E-state index is -3.66. The first-order valence-corrected chi connectivity index (χ1v) is 8.23. The topological polar surface area (TPSA) is 95.7 Å². The van der Waals surface area contributed by atoms with Crippen LogP contribution in [0.15, 0.2) is 29.2 Å². The zero-order chi connectivity index (χ0) is 14.6. The molecule has 20 heavy (non-hydrogen) atoms. The second-order valence-electron chi connectivity index (χ2n) is 4.94. The number of para-hydroxylation sites is 1. The van der Waals surface area contributed by atoms with Crippen molar-refractivity contribution in [2.75, 3.05) is 18.6 Å². The van der Waals surface area contributed by atoms with Crippen LogP contribution in [0.5, 0.6) is 0 Å². The number of benzene rings is 1. The lowest BCUT2D eigenvalue weighted by Gasteiger charge is -2.28. The highest BCUT2D eigenvalue weighted by atomic mass is 32.2. The molecule has 7 heteroatoms. The lowest BCUT2D eigenvalue weighted by molar-refractivity contribution is 0.186. The van der Waals surface area contributed by atoms with E-state index < -0.39 is 10.0 Å². The highest BCUT2D eigenvalue weighted by Gasteiger charge is 2.33. The van der Waals surface area contributed by atoms with E-state index in [1.54, 1.807) is 18.2 Å². The van der Waals surface area contributed by atoms with Gasteiger partial charge in [-0.1, -0.05) is 25.0 Å². The van der Waals surface area contributed by atoms with E-state index in [0.717, 1.165) is 19.3 Å². The molecule has 0 bridgehead atoms. The third kappa shape index (κ3) is 2.95. The Morgan fingerprint density at radius 3 is 2.75 bits per heavy atom. The molecule has 0 spiro atoms. The van der Waals surface area contributed by atoms with Gasteiger partial charge in [0.15, 0.2) is 0 Å². The number of nitrogens with zero attached hydrogens (tertiary/aromatic N) is 1. The monoisotopic (exact) mass is 299 g/mol. The van der Waals surface area contributed by atoms with Gasteiger partial charge in [-0.05, 0) is 25.0 Å². The number of sulfonamides is 1. The summed E-state index contributed by atoms with van der Waals surface area (Å²) in [6, 6.07) is 6.19. The number of nitrogen functional groups attached to an aromatic ring is 1. The Labute approximate surface area is 119 Å². The van der Waals surface area contributed by atoms with Crippen molar-refractivity contribution < 1.29 is 13.5 Å². The van der Waals surface area contributed by atoms with Gasteiger partial charge in [-0.2, -0.15) is 4.31 Å². The third-order valence-electron chi connectivity index (χ3n) is 3.66. The van der Waals surface area contributed by atoms with E-state index in [9.17, 15) is 13.5 Å². The standard InChI is InChI=1S/C13H21N3O3S/c14-15-12-7-3-4-8-13(12)20(18,19)16-9-5-1-2-6-11(16)10-17/h3-4,7-8,11,15,17H,1-2,5-6,9-10,14H2. The quantitative estimate of drug-likeness (QED) is 0.567. The molecule has 1 aliphatic rings. The highest BCUT2D eigenvalue weighted by molar-refractivity contribution is 7.89. The summed E-state index contributed by atoms with van der Waals surface area (Å²) in [6.07, 6.45) is 3.43. The Balaban J connectivity index is 2.41. The molecule has 0 amide bonds. The number of nitrogens with one attached hydrogen (secondary N) is 1. The van der Waals surface area contributed by atoms with E-state index in [1.807, 2.05) is 0 Å². The van der Waals surface area contributed by atoms with Crippen LogP contribution in [-0.4, -0.2) is 37.0 Å². The van der Waals surface area contributed by atoms with Crippen LogP contribution in [0.1, 0.15) is 25.7 Å². The number of anilines is 1. The lowest BCUT2D eigenvalue weighted by atomic mass is 10.1. The Kier molecular flexibility index (Phi) is 4.98. The van der Waals surface area contributed by atoms with Crippen LogP contribution >= 0.6 is 0 Å². The number of hydrogen-bond acceptors (Lipinski definition) is 5. The van der Waals surface area contributed by atoms with E-state index >= 15 is 0 Å². The first-order chi connectivity index (χ1) is 9.61. The lowest BCUT2D eigenvalue weighted by Crippen LogP contribution is -2.42. The van der Waals surface area contributed by atoms with Gasteiger partial charge < -0.3 is 10.5 Å². The molecular weight excluding hydrogens is 278 g/mol. The average molecular weight is 299 g/mol. The van der Waals surface area contributed by atoms with Crippen molar-refractivity contribution in [2.45, 2.75) is 36.6 Å². The molecule has 1 saturated heterocycles. The maximum atomic E-state index is 12.8. The molecule has 0 aliphatic carbocycles. The minimum absolute atomic E-state index is 0.155. The molecule has 1 unspecified atom stereocenters. The van der Waals surface area contributed by atoms with E-state index in [1.165, 1.54) is 10.4 Å². The molecule has 1 atom stereocenters. The summed E-state index contributed by atoms with van der Waals surface area (Å²) in [6.45, 7) is 0.282. The third-order valence-corrected chi connectivity index (χ3v) is 5.67. The second kappa shape index (κ2) is 6.53. The summed E-state index contributed by atoms with van der Waals surface area (Å²) < 4.78 is 27.0. The Morgan fingerprint density at radius 1 is 1.30 bits per heavy atom. The zero-order valence-corrected chi connectivity index (χ0v) is 12.1. The summed E-state index contributed by atoms with van der Waals surface area (Å²) in [5.41, 5.74) is 2.79. The SMILES string of the molecule is NNc1ccccc1S(=O)(=O)N1CCCCCC1CO. The fourth-order valence-electron chi connectivity index (χ4n) is 2.59. The Hall–Kier alpha value is -1.15. The molecule has 6 nitrogen and oxygen atoms in total. The summed E-state index contributed by atoms with van der Waals surface area (Å²) in [7, 11) is -3.66. The molecule has 112 valence electrons. The molecule has 1 heterocycles. The highest BCUT2D eigenvalue weighted by Crippen LogP contribution is 2.28. The largest absolute Gasteiger partial charge is 0.395 e. The molecule has 0 radical (unpaired) electrons. The molecule has 0 saturated carbocycles. The van der Waals surface area contributed by atoms with Crippen LogP contribution in [0.4, 0.5) is 5.69 Å². The van der Waals surface area contributed by atoms with E-state index in [2.05, 4.69) is 5.43 Å². The van der Waals surface area contributed by atoms with Gasteiger partial charge in [0.1, 0.15) is 4.90 Å². The fraction of sp³-hybridized carbons (Fsp3) is 0.538. The molecule has 1 aliphatic heterocycles.